The molecule has 0 amide bonds. The van der Waals surface area contributed by atoms with E-state index in [-0.39, 0.29) is 0 Å². The topological polar surface area (TPSA) is 53.1 Å². The number of hydrogen-bond acceptors (Lipinski definition) is 5. The Morgan fingerprint density at radius 3 is 2.74 bits per heavy atom. The van der Waals surface area contributed by atoms with Gasteiger partial charge < -0.3 is 15.5 Å². The molecule has 5 heteroatoms. The lowest BCUT2D eigenvalue weighted by atomic mass is 9.85. The van der Waals surface area contributed by atoms with Gasteiger partial charge in [-0.05, 0) is 32.7 Å². The van der Waals surface area contributed by atoms with E-state index < -0.39 is 0 Å². The van der Waals surface area contributed by atoms with Crippen LogP contribution in [0.4, 0.5) is 11.6 Å². The maximum atomic E-state index is 4.53. The van der Waals surface area contributed by atoms with Gasteiger partial charge in [0.05, 0.1) is 0 Å². The Morgan fingerprint density at radius 2 is 2.11 bits per heavy atom. The minimum absolute atomic E-state index is 0.824. The van der Waals surface area contributed by atoms with Crippen molar-refractivity contribution in [2.24, 2.45) is 5.92 Å². The first-order valence-electron chi connectivity index (χ1n) is 7.14. The lowest BCUT2D eigenvalue weighted by Crippen LogP contribution is -2.30. The zero-order valence-corrected chi connectivity index (χ0v) is 12.2. The van der Waals surface area contributed by atoms with Crippen LogP contribution in [-0.4, -0.2) is 43.7 Å². The zero-order chi connectivity index (χ0) is 13.7. The Morgan fingerprint density at radius 1 is 1.32 bits per heavy atom. The van der Waals surface area contributed by atoms with Crippen LogP contribution in [0.5, 0.6) is 0 Å². The molecule has 1 saturated carbocycles. The van der Waals surface area contributed by atoms with Crippen LogP contribution in [-0.2, 0) is 0 Å². The van der Waals surface area contributed by atoms with Crippen molar-refractivity contribution in [2.75, 3.05) is 43.9 Å². The van der Waals surface area contributed by atoms with Gasteiger partial charge in [-0.15, -0.1) is 0 Å². The van der Waals surface area contributed by atoms with Crippen LogP contribution in [0, 0.1) is 12.8 Å². The van der Waals surface area contributed by atoms with E-state index in [1.807, 2.05) is 20.0 Å². The highest BCUT2D eigenvalue weighted by atomic mass is 15.2. The number of rotatable bonds is 7. The summed E-state index contributed by atoms with van der Waals surface area (Å²) in [4.78, 5) is 11.2. The molecule has 1 aromatic rings. The van der Waals surface area contributed by atoms with E-state index in [4.69, 9.17) is 0 Å². The number of hydrogen-bond donors (Lipinski definition) is 2. The Balaban J connectivity index is 1.97. The van der Waals surface area contributed by atoms with Crippen molar-refractivity contribution in [2.45, 2.75) is 26.2 Å². The highest BCUT2D eigenvalue weighted by molar-refractivity contribution is 5.49. The zero-order valence-electron chi connectivity index (χ0n) is 12.2. The van der Waals surface area contributed by atoms with Crippen LogP contribution in [0.2, 0.25) is 0 Å². The largest absolute Gasteiger partial charge is 0.369 e. The third kappa shape index (κ3) is 4.06. The highest BCUT2D eigenvalue weighted by Crippen LogP contribution is 2.28. The van der Waals surface area contributed by atoms with Crippen LogP contribution in [0.25, 0.3) is 0 Å². The second-order valence-electron chi connectivity index (χ2n) is 5.37. The fraction of sp³-hybridized carbons (Fsp3) is 0.714. The molecular weight excluding hydrogens is 238 g/mol. The van der Waals surface area contributed by atoms with Crippen molar-refractivity contribution in [1.82, 2.24) is 15.3 Å². The van der Waals surface area contributed by atoms with Crippen LogP contribution in [0.15, 0.2) is 6.07 Å². The standard InChI is InChI=1S/C14H25N5/c1-11-17-13(16-8-7-15-2)9-14(18-11)19(3)10-12-5-4-6-12/h9,12,15H,4-8,10H2,1-3H3,(H,16,17,18). The van der Waals surface area contributed by atoms with E-state index in [1.165, 1.54) is 19.3 Å². The highest BCUT2D eigenvalue weighted by Gasteiger charge is 2.20. The average Bonchev–Trinajstić information content (AvgIpc) is 2.33. The number of nitrogens with one attached hydrogen (secondary N) is 2. The SMILES string of the molecule is CNCCNc1cc(N(C)CC2CCC2)nc(C)n1. The van der Waals surface area contributed by atoms with Gasteiger partial charge in [-0.2, -0.15) is 0 Å². The molecule has 0 aromatic carbocycles. The molecule has 0 aliphatic heterocycles. The van der Waals surface area contributed by atoms with Gasteiger partial charge in [-0.3, -0.25) is 0 Å². The third-order valence-electron chi connectivity index (χ3n) is 3.65. The molecule has 19 heavy (non-hydrogen) atoms. The monoisotopic (exact) mass is 263 g/mol. The maximum absolute atomic E-state index is 4.53. The van der Waals surface area contributed by atoms with Gasteiger partial charge in [0.25, 0.3) is 0 Å². The second kappa shape index (κ2) is 6.70. The molecule has 0 atom stereocenters. The first-order valence-corrected chi connectivity index (χ1v) is 7.14. The lowest BCUT2D eigenvalue weighted by Gasteiger charge is -2.30. The summed E-state index contributed by atoms with van der Waals surface area (Å²) in [6.45, 7) is 4.85. The molecule has 1 aromatic heterocycles. The number of anilines is 2. The van der Waals surface area contributed by atoms with Gasteiger partial charge in [0.15, 0.2) is 0 Å². The van der Waals surface area contributed by atoms with E-state index in [0.29, 0.717) is 0 Å². The lowest BCUT2D eigenvalue weighted by molar-refractivity contribution is 0.321. The predicted octanol–water partition coefficient (Wildman–Crippen LogP) is 1.65. The fourth-order valence-corrected chi connectivity index (χ4v) is 2.31. The minimum Gasteiger partial charge on any atom is -0.369 e. The summed E-state index contributed by atoms with van der Waals surface area (Å²) in [6, 6.07) is 2.04. The first kappa shape index (κ1) is 14.1. The summed E-state index contributed by atoms with van der Waals surface area (Å²) >= 11 is 0. The van der Waals surface area contributed by atoms with E-state index in [9.17, 15) is 0 Å². The van der Waals surface area contributed by atoms with Crippen LogP contribution >= 0.6 is 0 Å². The van der Waals surface area contributed by atoms with E-state index >= 15 is 0 Å². The molecule has 1 aliphatic rings. The molecule has 0 radical (unpaired) electrons. The summed E-state index contributed by atoms with van der Waals surface area (Å²) in [5.41, 5.74) is 0. The molecule has 2 N–H and O–H groups in total. The Labute approximate surface area is 115 Å². The molecule has 0 spiro atoms. The Kier molecular flexibility index (Phi) is 4.96. The van der Waals surface area contributed by atoms with E-state index in [2.05, 4.69) is 32.5 Å². The van der Waals surface area contributed by atoms with Gasteiger partial charge in [-0.1, -0.05) is 6.42 Å². The number of aryl methyl sites for hydroxylation is 1. The average molecular weight is 263 g/mol. The molecule has 5 nitrogen and oxygen atoms in total. The third-order valence-corrected chi connectivity index (χ3v) is 3.65. The molecule has 0 saturated heterocycles. The van der Waals surface area contributed by atoms with Crippen molar-refractivity contribution in [3.05, 3.63) is 11.9 Å². The first-order chi connectivity index (χ1) is 9.19. The number of aromatic nitrogens is 2. The van der Waals surface area contributed by atoms with Gasteiger partial charge in [0.1, 0.15) is 17.5 Å². The summed E-state index contributed by atoms with van der Waals surface area (Å²) in [6.07, 6.45) is 4.11. The number of nitrogens with zero attached hydrogens (tertiary/aromatic N) is 3. The second-order valence-corrected chi connectivity index (χ2v) is 5.37. The molecule has 0 unspecified atom stereocenters. The molecule has 1 heterocycles. The maximum Gasteiger partial charge on any atom is 0.134 e. The quantitative estimate of drug-likeness (QED) is 0.733. The van der Waals surface area contributed by atoms with Crippen molar-refractivity contribution in [3.8, 4) is 0 Å². The van der Waals surface area contributed by atoms with E-state index in [1.54, 1.807) is 0 Å². The summed E-state index contributed by atoms with van der Waals surface area (Å²) in [5, 5.41) is 6.44. The van der Waals surface area contributed by atoms with Crippen molar-refractivity contribution >= 4 is 11.6 Å². The van der Waals surface area contributed by atoms with Crippen LogP contribution in [0.1, 0.15) is 25.1 Å². The van der Waals surface area contributed by atoms with Crippen molar-refractivity contribution < 1.29 is 0 Å². The fourth-order valence-electron chi connectivity index (χ4n) is 2.31. The minimum atomic E-state index is 0.824. The van der Waals surface area contributed by atoms with Crippen molar-refractivity contribution in [1.29, 1.82) is 0 Å². The summed E-state index contributed by atoms with van der Waals surface area (Å²) < 4.78 is 0. The number of likely N-dealkylation sites (N-methyl/N-ethyl adjacent to an activating group) is 1. The predicted molar refractivity (Wildman–Crippen MR) is 79.8 cm³/mol. The smallest absolute Gasteiger partial charge is 0.134 e. The molecular formula is C14H25N5. The van der Waals surface area contributed by atoms with E-state index in [0.717, 1.165) is 43.0 Å². The molecule has 0 bridgehead atoms. The van der Waals surface area contributed by atoms with Gasteiger partial charge in [0, 0.05) is 32.7 Å². The molecule has 2 rings (SSSR count). The van der Waals surface area contributed by atoms with Crippen molar-refractivity contribution in [3.63, 3.8) is 0 Å². The molecule has 106 valence electrons. The van der Waals surface area contributed by atoms with Gasteiger partial charge >= 0.3 is 0 Å². The Hall–Kier alpha value is -1.36. The molecule has 1 aliphatic carbocycles. The van der Waals surface area contributed by atoms with Gasteiger partial charge in [0.2, 0.25) is 0 Å². The van der Waals surface area contributed by atoms with Crippen LogP contribution < -0.4 is 15.5 Å². The van der Waals surface area contributed by atoms with Gasteiger partial charge in [-0.25, -0.2) is 9.97 Å². The Bertz CT molecular complexity index is 403. The summed E-state index contributed by atoms with van der Waals surface area (Å²) in [5.74, 6) is 3.61. The normalized spacial score (nSPS) is 15.1. The van der Waals surface area contributed by atoms with Crippen LogP contribution in [0.3, 0.4) is 0 Å². The summed E-state index contributed by atoms with van der Waals surface area (Å²) in [7, 11) is 4.07. The molecule has 1 fully saturated rings.